The van der Waals surface area contributed by atoms with E-state index in [0.717, 1.165) is 12.8 Å². The minimum atomic E-state index is -0.439. The van der Waals surface area contributed by atoms with E-state index in [1.54, 1.807) is 4.90 Å². The van der Waals surface area contributed by atoms with Gasteiger partial charge < -0.3 is 4.90 Å². The van der Waals surface area contributed by atoms with Crippen molar-refractivity contribution in [2.75, 3.05) is 12.4 Å². The Balaban J connectivity index is 2.39. The summed E-state index contributed by atoms with van der Waals surface area (Å²) in [4.78, 5) is 23.8. The number of urea groups is 1. The Morgan fingerprint density at radius 1 is 1.54 bits per heavy atom. The molecule has 0 aromatic heterocycles. The minimum Gasteiger partial charge on any atom is -0.322 e. The second-order valence-corrected chi connectivity index (χ2v) is 3.27. The minimum absolute atomic E-state index is 0.173. The quantitative estimate of drug-likeness (QED) is 0.696. The number of carbonyl (C=O) groups is 2. The van der Waals surface area contributed by atoms with Crippen LogP contribution in [0.4, 0.5) is 4.79 Å². The molecule has 1 aliphatic carbocycles. The van der Waals surface area contributed by atoms with E-state index in [2.05, 4.69) is 5.32 Å². The van der Waals surface area contributed by atoms with E-state index in [1.165, 1.54) is 0 Å². The number of alkyl halides is 1. The number of amides is 3. The zero-order valence-corrected chi connectivity index (χ0v) is 8.30. The van der Waals surface area contributed by atoms with E-state index in [9.17, 15) is 9.59 Å². The molecule has 4 nitrogen and oxygen atoms in total. The molecule has 3 amide bonds. The molecule has 0 bridgehead atoms. The molecule has 0 aromatic rings. The summed E-state index contributed by atoms with van der Waals surface area (Å²) < 4.78 is 0. The molecular weight excluding hydrogens is 192 g/mol. The van der Waals surface area contributed by atoms with Crippen molar-refractivity contribution < 1.29 is 9.59 Å². The molecule has 1 aliphatic rings. The van der Waals surface area contributed by atoms with Crippen LogP contribution < -0.4 is 5.32 Å². The molecule has 0 saturated heterocycles. The summed E-state index contributed by atoms with van der Waals surface area (Å²) in [6, 6.07) is 0.00350. The smallest absolute Gasteiger partial charge is 0.322 e. The Hall–Kier alpha value is -0.770. The van der Waals surface area contributed by atoms with Gasteiger partial charge in [-0.05, 0) is 19.8 Å². The molecule has 13 heavy (non-hydrogen) atoms. The maximum Gasteiger partial charge on any atom is 0.324 e. The van der Waals surface area contributed by atoms with E-state index >= 15 is 0 Å². The van der Waals surface area contributed by atoms with Crippen LogP contribution in [-0.2, 0) is 4.79 Å². The second-order valence-electron chi connectivity index (χ2n) is 3.00. The lowest BCUT2D eigenvalue weighted by Crippen LogP contribution is -2.44. The first-order chi connectivity index (χ1) is 6.19. The van der Waals surface area contributed by atoms with Crippen molar-refractivity contribution in [3.63, 3.8) is 0 Å². The van der Waals surface area contributed by atoms with Gasteiger partial charge in [-0.2, -0.15) is 0 Å². The number of hydrogen-bond donors (Lipinski definition) is 1. The molecule has 1 fully saturated rings. The molecule has 0 unspecified atom stereocenters. The van der Waals surface area contributed by atoms with Crippen LogP contribution in [0.2, 0.25) is 0 Å². The van der Waals surface area contributed by atoms with Crippen molar-refractivity contribution in [2.24, 2.45) is 0 Å². The van der Waals surface area contributed by atoms with Crippen molar-refractivity contribution in [1.82, 2.24) is 10.2 Å². The highest BCUT2D eigenvalue weighted by Gasteiger charge is 2.31. The average molecular weight is 205 g/mol. The number of nitrogens with one attached hydrogen (secondary N) is 1. The van der Waals surface area contributed by atoms with Crippen molar-refractivity contribution in [3.8, 4) is 0 Å². The lowest BCUT2D eigenvalue weighted by molar-refractivity contribution is -0.117. The lowest BCUT2D eigenvalue weighted by Gasteiger charge is -2.19. The summed E-state index contributed by atoms with van der Waals surface area (Å²) in [6.07, 6.45) is 2.08. The Kier molecular flexibility index (Phi) is 3.54. The molecule has 0 aromatic carbocycles. The zero-order valence-electron chi connectivity index (χ0n) is 7.55. The van der Waals surface area contributed by atoms with E-state index in [0.29, 0.717) is 12.6 Å². The number of imide groups is 1. The molecule has 74 valence electrons. The van der Waals surface area contributed by atoms with Gasteiger partial charge >= 0.3 is 6.03 Å². The fourth-order valence-corrected chi connectivity index (χ4v) is 1.25. The summed E-state index contributed by atoms with van der Waals surface area (Å²) in [5.74, 6) is -0.612. The van der Waals surface area contributed by atoms with Gasteiger partial charge in [0.15, 0.2) is 0 Å². The fraction of sp³-hybridized carbons (Fsp3) is 0.750. The maximum absolute atomic E-state index is 11.4. The first-order valence-electron chi connectivity index (χ1n) is 4.35. The predicted octanol–water partition coefficient (Wildman–Crippen LogP) is 0.946. The van der Waals surface area contributed by atoms with Gasteiger partial charge in [-0.15, -0.1) is 11.6 Å². The van der Waals surface area contributed by atoms with Crippen molar-refractivity contribution in [2.45, 2.75) is 25.8 Å². The first-order valence-corrected chi connectivity index (χ1v) is 4.89. The summed E-state index contributed by atoms with van der Waals surface area (Å²) in [7, 11) is 0. The fourth-order valence-electron chi connectivity index (χ4n) is 1.18. The topological polar surface area (TPSA) is 49.4 Å². The van der Waals surface area contributed by atoms with Gasteiger partial charge in [-0.25, -0.2) is 4.79 Å². The van der Waals surface area contributed by atoms with Crippen LogP contribution in [0.5, 0.6) is 0 Å². The van der Waals surface area contributed by atoms with Crippen molar-refractivity contribution in [3.05, 3.63) is 0 Å². The third-order valence-electron chi connectivity index (χ3n) is 1.96. The summed E-state index contributed by atoms with van der Waals surface area (Å²) >= 11 is 5.26. The summed E-state index contributed by atoms with van der Waals surface area (Å²) in [5.41, 5.74) is 0. The molecule has 0 radical (unpaired) electrons. The monoisotopic (exact) mass is 204 g/mol. The van der Waals surface area contributed by atoms with Crippen LogP contribution in [0.3, 0.4) is 0 Å². The first kappa shape index (κ1) is 10.3. The number of nitrogens with zero attached hydrogens (tertiary/aromatic N) is 1. The molecule has 0 aliphatic heterocycles. The molecule has 0 heterocycles. The van der Waals surface area contributed by atoms with Gasteiger partial charge in [-0.1, -0.05) is 0 Å². The Bertz CT molecular complexity index is 216. The van der Waals surface area contributed by atoms with Crippen molar-refractivity contribution >= 4 is 23.5 Å². The Morgan fingerprint density at radius 3 is 2.54 bits per heavy atom. The number of rotatable bonds is 3. The summed E-state index contributed by atoms with van der Waals surface area (Å²) in [6.45, 7) is 2.52. The highest BCUT2D eigenvalue weighted by molar-refractivity contribution is 6.28. The van der Waals surface area contributed by atoms with E-state index in [-0.39, 0.29) is 11.9 Å². The van der Waals surface area contributed by atoms with Crippen LogP contribution in [0.25, 0.3) is 0 Å². The van der Waals surface area contributed by atoms with Crippen LogP contribution in [0, 0.1) is 0 Å². The molecule has 5 heteroatoms. The number of carbonyl (C=O) groups excluding carboxylic acids is 2. The third-order valence-corrected chi connectivity index (χ3v) is 2.20. The second kappa shape index (κ2) is 4.46. The molecule has 1 rings (SSSR count). The SMILES string of the molecule is CCN(C(=O)NC(=O)CCl)C1CC1. The molecular formula is C8H13ClN2O2. The average Bonchev–Trinajstić information content (AvgIpc) is 2.89. The van der Waals surface area contributed by atoms with Crippen LogP contribution >= 0.6 is 11.6 Å². The van der Waals surface area contributed by atoms with Gasteiger partial charge in [0.1, 0.15) is 5.88 Å². The van der Waals surface area contributed by atoms with Crippen LogP contribution in [-0.4, -0.2) is 35.3 Å². The largest absolute Gasteiger partial charge is 0.324 e. The van der Waals surface area contributed by atoms with Gasteiger partial charge in [0.2, 0.25) is 5.91 Å². The standard InChI is InChI=1S/C8H13ClN2O2/c1-2-11(6-3-4-6)8(13)10-7(12)5-9/h6H,2-5H2,1H3,(H,10,12,13). The Labute approximate surface area is 82.2 Å². The summed E-state index contributed by atoms with van der Waals surface area (Å²) in [5, 5.41) is 2.22. The number of hydrogen-bond acceptors (Lipinski definition) is 2. The van der Waals surface area contributed by atoms with Gasteiger partial charge in [0, 0.05) is 12.6 Å². The van der Waals surface area contributed by atoms with Crippen molar-refractivity contribution in [1.29, 1.82) is 0 Å². The van der Waals surface area contributed by atoms with Gasteiger partial charge in [0.05, 0.1) is 0 Å². The van der Waals surface area contributed by atoms with E-state index in [4.69, 9.17) is 11.6 Å². The highest BCUT2D eigenvalue weighted by atomic mass is 35.5. The highest BCUT2D eigenvalue weighted by Crippen LogP contribution is 2.26. The van der Waals surface area contributed by atoms with E-state index in [1.807, 2.05) is 6.92 Å². The van der Waals surface area contributed by atoms with Gasteiger partial charge in [0.25, 0.3) is 0 Å². The molecule has 1 saturated carbocycles. The normalized spacial score (nSPS) is 15.2. The lowest BCUT2D eigenvalue weighted by atomic mass is 10.5. The molecule has 0 spiro atoms. The van der Waals surface area contributed by atoms with Gasteiger partial charge in [-0.3, -0.25) is 10.1 Å². The van der Waals surface area contributed by atoms with Crippen LogP contribution in [0.1, 0.15) is 19.8 Å². The third kappa shape index (κ3) is 2.88. The molecule has 1 N–H and O–H groups in total. The Morgan fingerprint density at radius 2 is 2.15 bits per heavy atom. The maximum atomic E-state index is 11.4. The number of halogens is 1. The van der Waals surface area contributed by atoms with Crippen LogP contribution in [0.15, 0.2) is 0 Å². The molecule has 0 atom stereocenters. The zero-order chi connectivity index (χ0) is 9.84. The predicted molar refractivity (Wildman–Crippen MR) is 49.7 cm³/mol. The van der Waals surface area contributed by atoms with E-state index < -0.39 is 5.91 Å².